The molecule has 4 nitrogen and oxygen atoms in total. The topological polar surface area (TPSA) is 58.5 Å². The predicted molar refractivity (Wildman–Crippen MR) is 82.9 cm³/mol. The third kappa shape index (κ3) is 2.25. The largest absolute Gasteiger partial charge is 0.338 e. The summed E-state index contributed by atoms with van der Waals surface area (Å²) in [5, 5.41) is 3.08. The van der Waals surface area contributed by atoms with E-state index in [0.29, 0.717) is 11.4 Å². The highest BCUT2D eigenvalue weighted by Crippen LogP contribution is 2.27. The molecule has 0 amide bonds. The third-order valence-electron chi connectivity index (χ3n) is 2.76. The van der Waals surface area contributed by atoms with Crippen LogP contribution >= 0.6 is 22.6 Å². The molecule has 0 fully saturated rings. The summed E-state index contributed by atoms with van der Waals surface area (Å²) in [4.78, 5) is 0.253. The fraction of sp³-hybridized carbons (Fsp3) is 0. The number of sulfonamides is 1. The molecule has 6 heteroatoms. The van der Waals surface area contributed by atoms with Crippen molar-refractivity contribution in [1.82, 2.24) is 0 Å². The lowest BCUT2D eigenvalue weighted by molar-refractivity contribution is 0.599. The summed E-state index contributed by atoms with van der Waals surface area (Å²) < 4.78 is 28.6. The monoisotopic (exact) mass is 384 g/mol. The predicted octanol–water partition coefficient (Wildman–Crippen LogP) is 2.85. The Hall–Kier alpha value is -1.41. The third-order valence-corrected chi connectivity index (χ3v) is 5.03. The van der Waals surface area contributed by atoms with Crippen LogP contribution in [0, 0.1) is 3.57 Å². The van der Waals surface area contributed by atoms with Crippen LogP contribution in [0.5, 0.6) is 0 Å². The van der Waals surface area contributed by atoms with E-state index in [1.165, 1.54) is 0 Å². The Morgan fingerprint density at radius 2 is 1.68 bits per heavy atom. The molecule has 0 saturated heterocycles. The molecule has 2 aromatic rings. The zero-order chi connectivity index (χ0) is 13.5. The molecule has 2 aromatic carbocycles. The zero-order valence-electron chi connectivity index (χ0n) is 9.67. The van der Waals surface area contributed by atoms with Crippen molar-refractivity contribution in [1.29, 1.82) is 0 Å². The lowest BCUT2D eigenvalue weighted by atomic mass is 10.2. The van der Waals surface area contributed by atoms with Gasteiger partial charge < -0.3 is 5.32 Å². The second kappa shape index (κ2) is 4.61. The van der Waals surface area contributed by atoms with Crippen molar-refractivity contribution in [3.63, 3.8) is 0 Å². The van der Waals surface area contributed by atoms with E-state index in [0.717, 1.165) is 9.26 Å². The number of rotatable bonds is 1. The SMILES string of the molecule is O=S1(=O)N=C(Nc2ccccc2I)c2ccccc21. The Morgan fingerprint density at radius 1 is 1.00 bits per heavy atom. The molecule has 1 aliphatic heterocycles. The van der Waals surface area contributed by atoms with Crippen LogP contribution in [0.15, 0.2) is 57.8 Å². The minimum Gasteiger partial charge on any atom is -0.338 e. The molecule has 0 aromatic heterocycles. The molecule has 0 unspecified atom stereocenters. The lowest BCUT2D eigenvalue weighted by Gasteiger charge is -2.07. The van der Waals surface area contributed by atoms with Crippen molar-refractivity contribution in [2.45, 2.75) is 4.90 Å². The number of halogens is 1. The van der Waals surface area contributed by atoms with Crippen molar-refractivity contribution in [3.05, 3.63) is 57.7 Å². The molecule has 0 spiro atoms. The van der Waals surface area contributed by atoms with Gasteiger partial charge in [0.15, 0.2) is 5.84 Å². The van der Waals surface area contributed by atoms with Crippen LogP contribution < -0.4 is 5.32 Å². The van der Waals surface area contributed by atoms with Crippen molar-refractivity contribution in [2.75, 3.05) is 5.32 Å². The number of hydrogen-bond donors (Lipinski definition) is 1. The van der Waals surface area contributed by atoms with Gasteiger partial charge in [-0.3, -0.25) is 0 Å². The first-order valence-electron chi connectivity index (χ1n) is 5.54. The van der Waals surface area contributed by atoms with E-state index >= 15 is 0 Å². The van der Waals surface area contributed by atoms with E-state index < -0.39 is 10.0 Å². The van der Waals surface area contributed by atoms with Gasteiger partial charge in [0.2, 0.25) is 0 Å². The summed E-state index contributed by atoms with van der Waals surface area (Å²) in [6.07, 6.45) is 0. The van der Waals surface area contributed by atoms with E-state index in [9.17, 15) is 8.42 Å². The Bertz CT molecular complexity index is 785. The van der Waals surface area contributed by atoms with Crippen molar-refractivity contribution >= 4 is 44.1 Å². The highest BCUT2D eigenvalue weighted by atomic mass is 127. The molecule has 3 rings (SSSR count). The first-order valence-corrected chi connectivity index (χ1v) is 8.06. The standard InChI is InChI=1S/C13H9IN2O2S/c14-10-6-2-3-7-11(10)15-13-9-5-1-4-8-12(9)19(17,18)16-13/h1-8H,(H,15,16). The van der Waals surface area contributed by atoms with Crippen LogP contribution in [-0.2, 0) is 10.0 Å². The number of nitrogens with one attached hydrogen (secondary N) is 1. The first-order chi connectivity index (χ1) is 9.08. The van der Waals surface area contributed by atoms with Gasteiger partial charge in [0, 0.05) is 9.13 Å². The zero-order valence-corrected chi connectivity index (χ0v) is 12.6. The number of nitrogens with zero attached hydrogens (tertiary/aromatic N) is 1. The van der Waals surface area contributed by atoms with Gasteiger partial charge in [0.25, 0.3) is 10.0 Å². The van der Waals surface area contributed by atoms with Gasteiger partial charge >= 0.3 is 0 Å². The number of anilines is 1. The average molecular weight is 384 g/mol. The number of hydrogen-bond acceptors (Lipinski definition) is 3. The van der Waals surface area contributed by atoms with Gasteiger partial charge in [-0.05, 0) is 46.9 Å². The highest BCUT2D eigenvalue weighted by molar-refractivity contribution is 14.1. The minimum atomic E-state index is -3.56. The Balaban J connectivity index is 2.07. The number of para-hydroxylation sites is 1. The summed E-state index contributed by atoms with van der Waals surface area (Å²) in [6.45, 7) is 0. The molecule has 0 aliphatic carbocycles. The molecule has 1 N–H and O–H groups in total. The van der Waals surface area contributed by atoms with Gasteiger partial charge in [0.05, 0.1) is 5.69 Å². The van der Waals surface area contributed by atoms with E-state index in [1.54, 1.807) is 24.3 Å². The van der Waals surface area contributed by atoms with Gasteiger partial charge in [-0.15, -0.1) is 4.40 Å². The molecule has 1 aliphatic rings. The summed E-state index contributed by atoms with van der Waals surface area (Å²) in [5.74, 6) is 0.375. The molecule has 0 bridgehead atoms. The van der Waals surface area contributed by atoms with Gasteiger partial charge in [-0.2, -0.15) is 8.42 Å². The second-order valence-corrected chi connectivity index (χ2v) is 6.75. The summed E-state index contributed by atoms with van der Waals surface area (Å²) in [5.41, 5.74) is 1.45. The molecule has 1 heterocycles. The molecule has 0 atom stereocenters. The van der Waals surface area contributed by atoms with Crippen LogP contribution in [0.25, 0.3) is 0 Å². The fourth-order valence-corrected chi connectivity index (χ4v) is 3.58. The van der Waals surface area contributed by atoms with Gasteiger partial charge in [0.1, 0.15) is 4.90 Å². The molecule has 0 radical (unpaired) electrons. The van der Waals surface area contributed by atoms with E-state index in [1.807, 2.05) is 24.3 Å². The first kappa shape index (κ1) is 12.6. The van der Waals surface area contributed by atoms with Crippen molar-refractivity contribution < 1.29 is 8.42 Å². The maximum absolute atomic E-state index is 11.9. The normalized spacial score (nSPS) is 15.7. The van der Waals surface area contributed by atoms with Crippen molar-refractivity contribution in [2.24, 2.45) is 4.40 Å². The van der Waals surface area contributed by atoms with Crippen LogP contribution in [0.3, 0.4) is 0 Å². The van der Waals surface area contributed by atoms with Gasteiger partial charge in [-0.25, -0.2) is 0 Å². The fourth-order valence-electron chi connectivity index (χ4n) is 1.89. The number of amidine groups is 1. The summed E-state index contributed by atoms with van der Waals surface area (Å²) >= 11 is 2.19. The second-order valence-electron chi connectivity index (χ2n) is 4.02. The molecular formula is C13H9IN2O2S. The smallest absolute Gasteiger partial charge is 0.285 e. The quantitative estimate of drug-likeness (QED) is 0.770. The van der Waals surface area contributed by atoms with E-state index in [-0.39, 0.29) is 4.90 Å². The highest BCUT2D eigenvalue weighted by Gasteiger charge is 2.28. The Labute approximate surface area is 124 Å². The lowest BCUT2D eigenvalue weighted by Crippen LogP contribution is -2.12. The van der Waals surface area contributed by atoms with Crippen LogP contribution in [0.2, 0.25) is 0 Å². The van der Waals surface area contributed by atoms with Crippen LogP contribution in [0.1, 0.15) is 5.56 Å². The van der Waals surface area contributed by atoms with Crippen LogP contribution in [-0.4, -0.2) is 14.3 Å². The minimum absolute atomic E-state index is 0.253. The maximum atomic E-state index is 11.9. The number of benzene rings is 2. The van der Waals surface area contributed by atoms with E-state index in [4.69, 9.17) is 0 Å². The van der Waals surface area contributed by atoms with Gasteiger partial charge in [-0.1, -0.05) is 24.3 Å². The molecule has 96 valence electrons. The molecule has 0 saturated carbocycles. The molecular weight excluding hydrogens is 375 g/mol. The van der Waals surface area contributed by atoms with E-state index in [2.05, 4.69) is 32.3 Å². The van der Waals surface area contributed by atoms with Crippen LogP contribution in [0.4, 0.5) is 5.69 Å². The summed E-state index contributed by atoms with van der Waals surface area (Å²) in [6, 6.07) is 14.5. The maximum Gasteiger partial charge on any atom is 0.285 e. The van der Waals surface area contributed by atoms with Crippen molar-refractivity contribution in [3.8, 4) is 0 Å². The summed E-state index contributed by atoms with van der Waals surface area (Å²) in [7, 11) is -3.56. The average Bonchev–Trinajstić information content (AvgIpc) is 2.65. The number of fused-ring (bicyclic) bond motifs is 1. The Kier molecular flexibility index (Phi) is 3.06. The Morgan fingerprint density at radius 3 is 2.47 bits per heavy atom. The molecule has 19 heavy (non-hydrogen) atoms.